The number of amides is 1. The minimum absolute atomic E-state index is 0.0655. The van der Waals surface area contributed by atoms with E-state index in [-0.39, 0.29) is 18.4 Å². The van der Waals surface area contributed by atoms with E-state index in [2.05, 4.69) is 20.6 Å². The SMILES string of the molecule is Cc1ccc(-c2cc(-c3ccc(Cl)cc3)nc(NC(=O)CNc3ccc(Cl)cc3)n2)cc1. The number of carbonyl (C=O) groups excluding carboxylic acids is 1. The van der Waals surface area contributed by atoms with Gasteiger partial charge in [0.2, 0.25) is 11.9 Å². The number of rotatable bonds is 6. The summed E-state index contributed by atoms with van der Waals surface area (Å²) >= 11 is 11.9. The first kappa shape index (κ1) is 21.8. The molecule has 7 heteroatoms. The summed E-state index contributed by atoms with van der Waals surface area (Å²) in [6, 6.07) is 24.4. The molecular formula is C25H20Cl2N4O. The summed E-state index contributed by atoms with van der Waals surface area (Å²) in [5.74, 6) is -0.0287. The van der Waals surface area contributed by atoms with Crippen LogP contribution in [0.2, 0.25) is 10.0 Å². The van der Waals surface area contributed by atoms with Crippen molar-refractivity contribution in [2.45, 2.75) is 6.92 Å². The number of carbonyl (C=O) groups is 1. The maximum atomic E-state index is 12.5. The highest BCUT2D eigenvalue weighted by Gasteiger charge is 2.11. The Hall–Kier alpha value is -3.41. The number of halogens is 2. The van der Waals surface area contributed by atoms with Gasteiger partial charge in [0.1, 0.15) is 0 Å². The summed E-state index contributed by atoms with van der Waals surface area (Å²) in [7, 11) is 0. The highest BCUT2D eigenvalue weighted by molar-refractivity contribution is 6.30. The minimum atomic E-state index is -0.261. The highest BCUT2D eigenvalue weighted by Crippen LogP contribution is 2.26. The third-order valence-corrected chi connectivity index (χ3v) is 5.27. The van der Waals surface area contributed by atoms with Crippen LogP contribution < -0.4 is 10.6 Å². The van der Waals surface area contributed by atoms with Crippen LogP contribution in [-0.2, 0) is 4.79 Å². The minimum Gasteiger partial charge on any atom is -0.376 e. The molecule has 0 aliphatic rings. The number of nitrogens with one attached hydrogen (secondary N) is 2. The van der Waals surface area contributed by atoms with Crippen molar-refractivity contribution < 1.29 is 4.79 Å². The van der Waals surface area contributed by atoms with Crippen molar-refractivity contribution in [3.8, 4) is 22.5 Å². The van der Waals surface area contributed by atoms with E-state index >= 15 is 0 Å². The molecule has 0 fully saturated rings. The second-order valence-corrected chi connectivity index (χ2v) is 8.12. The molecule has 0 spiro atoms. The van der Waals surface area contributed by atoms with Crippen LogP contribution in [0.1, 0.15) is 5.56 Å². The summed E-state index contributed by atoms with van der Waals surface area (Å²) in [5.41, 5.74) is 5.16. The first-order chi connectivity index (χ1) is 15.5. The Morgan fingerprint density at radius 3 is 1.84 bits per heavy atom. The van der Waals surface area contributed by atoms with Crippen molar-refractivity contribution in [3.63, 3.8) is 0 Å². The van der Waals surface area contributed by atoms with Gasteiger partial charge in [-0.3, -0.25) is 10.1 Å². The van der Waals surface area contributed by atoms with E-state index in [1.165, 1.54) is 0 Å². The molecule has 2 N–H and O–H groups in total. The molecule has 4 rings (SSSR count). The van der Waals surface area contributed by atoms with Crippen molar-refractivity contribution in [1.82, 2.24) is 9.97 Å². The summed E-state index contributed by atoms with van der Waals surface area (Å²) < 4.78 is 0. The van der Waals surface area contributed by atoms with E-state index < -0.39 is 0 Å². The molecule has 0 atom stereocenters. The zero-order valence-electron chi connectivity index (χ0n) is 17.3. The van der Waals surface area contributed by atoms with Gasteiger partial charge in [0.15, 0.2) is 0 Å². The van der Waals surface area contributed by atoms with Crippen molar-refractivity contribution in [3.05, 3.63) is 94.5 Å². The monoisotopic (exact) mass is 462 g/mol. The average Bonchev–Trinajstić information content (AvgIpc) is 2.79. The molecule has 0 saturated carbocycles. The molecule has 1 amide bonds. The maximum absolute atomic E-state index is 12.5. The summed E-state index contributed by atoms with van der Waals surface area (Å²) in [4.78, 5) is 21.7. The van der Waals surface area contributed by atoms with E-state index in [0.717, 1.165) is 22.4 Å². The molecule has 160 valence electrons. The van der Waals surface area contributed by atoms with Gasteiger partial charge >= 0.3 is 0 Å². The maximum Gasteiger partial charge on any atom is 0.246 e. The molecule has 0 saturated heterocycles. The van der Waals surface area contributed by atoms with Crippen LogP contribution in [0.5, 0.6) is 0 Å². The number of aryl methyl sites for hydroxylation is 1. The fourth-order valence-electron chi connectivity index (χ4n) is 3.06. The highest BCUT2D eigenvalue weighted by atomic mass is 35.5. The quantitative estimate of drug-likeness (QED) is 0.344. The van der Waals surface area contributed by atoms with E-state index in [1.54, 1.807) is 24.3 Å². The number of benzene rings is 3. The lowest BCUT2D eigenvalue weighted by atomic mass is 10.1. The first-order valence-corrected chi connectivity index (χ1v) is 10.7. The zero-order valence-corrected chi connectivity index (χ0v) is 18.8. The molecule has 0 aliphatic carbocycles. The third kappa shape index (κ3) is 5.63. The summed E-state index contributed by atoms with van der Waals surface area (Å²) in [6.45, 7) is 2.10. The smallest absolute Gasteiger partial charge is 0.246 e. The van der Waals surface area contributed by atoms with Gasteiger partial charge in [-0.2, -0.15) is 0 Å². The van der Waals surface area contributed by atoms with Crippen LogP contribution >= 0.6 is 23.2 Å². The Kier molecular flexibility index (Phi) is 6.69. The molecule has 3 aromatic carbocycles. The summed E-state index contributed by atoms with van der Waals surface area (Å²) in [6.07, 6.45) is 0. The van der Waals surface area contributed by atoms with Crippen LogP contribution in [0, 0.1) is 6.92 Å². The molecule has 1 heterocycles. The number of aromatic nitrogens is 2. The Morgan fingerprint density at radius 2 is 1.28 bits per heavy atom. The van der Waals surface area contributed by atoms with Gasteiger partial charge in [-0.25, -0.2) is 9.97 Å². The Labute approximate surface area is 196 Å². The lowest BCUT2D eigenvalue weighted by Crippen LogP contribution is -2.23. The van der Waals surface area contributed by atoms with Crippen LogP contribution in [0.25, 0.3) is 22.5 Å². The molecule has 0 bridgehead atoms. The molecule has 0 aliphatic heterocycles. The van der Waals surface area contributed by atoms with Gasteiger partial charge in [0.25, 0.3) is 0 Å². The topological polar surface area (TPSA) is 66.9 Å². The molecule has 0 unspecified atom stereocenters. The molecular weight excluding hydrogens is 443 g/mol. The number of hydrogen-bond donors (Lipinski definition) is 2. The first-order valence-electron chi connectivity index (χ1n) is 9.98. The van der Waals surface area contributed by atoms with Gasteiger partial charge in [-0.1, -0.05) is 65.2 Å². The van der Waals surface area contributed by atoms with Gasteiger partial charge in [-0.05, 0) is 49.4 Å². The molecule has 32 heavy (non-hydrogen) atoms. The normalized spacial score (nSPS) is 10.6. The van der Waals surface area contributed by atoms with E-state index in [4.69, 9.17) is 23.2 Å². The van der Waals surface area contributed by atoms with Crippen LogP contribution in [-0.4, -0.2) is 22.4 Å². The largest absolute Gasteiger partial charge is 0.376 e. The molecule has 0 radical (unpaired) electrons. The van der Waals surface area contributed by atoms with E-state index in [1.807, 2.05) is 61.5 Å². The van der Waals surface area contributed by atoms with Crippen molar-refractivity contribution in [1.29, 1.82) is 0 Å². The fraction of sp³-hybridized carbons (Fsp3) is 0.0800. The Bertz CT molecular complexity index is 1160. The van der Waals surface area contributed by atoms with Crippen molar-refractivity contribution in [2.75, 3.05) is 17.2 Å². The summed E-state index contributed by atoms with van der Waals surface area (Å²) in [5, 5.41) is 7.12. The van der Waals surface area contributed by atoms with Gasteiger partial charge in [0, 0.05) is 26.9 Å². The predicted molar refractivity (Wildman–Crippen MR) is 131 cm³/mol. The Balaban J connectivity index is 1.59. The second kappa shape index (κ2) is 9.81. The van der Waals surface area contributed by atoms with Crippen molar-refractivity contribution in [2.24, 2.45) is 0 Å². The Morgan fingerprint density at radius 1 is 0.781 bits per heavy atom. The standard InChI is InChI=1S/C25H20Cl2N4O/c1-16-2-4-17(5-3-16)22-14-23(18-6-8-19(26)9-7-18)30-25(29-22)31-24(32)15-28-21-12-10-20(27)11-13-21/h2-14,28H,15H2,1H3,(H,29,30,31,32). The molecule has 5 nitrogen and oxygen atoms in total. The second-order valence-electron chi connectivity index (χ2n) is 7.24. The lowest BCUT2D eigenvalue weighted by Gasteiger charge is -2.11. The molecule has 1 aromatic heterocycles. The third-order valence-electron chi connectivity index (χ3n) is 4.76. The number of anilines is 2. The van der Waals surface area contributed by atoms with Crippen LogP contribution in [0.3, 0.4) is 0 Å². The van der Waals surface area contributed by atoms with Gasteiger partial charge < -0.3 is 5.32 Å². The number of hydrogen-bond acceptors (Lipinski definition) is 4. The van der Waals surface area contributed by atoms with E-state index in [0.29, 0.717) is 21.4 Å². The molecule has 4 aromatic rings. The fourth-order valence-corrected chi connectivity index (χ4v) is 3.31. The van der Waals surface area contributed by atoms with Gasteiger partial charge in [0.05, 0.1) is 17.9 Å². The predicted octanol–water partition coefficient (Wildman–Crippen LogP) is 6.48. The van der Waals surface area contributed by atoms with Crippen LogP contribution in [0.15, 0.2) is 78.9 Å². The lowest BCUT2D eigenvalue weighted by molar-refractivity contribution is -0.114. The average molecular weight is 463 g/mol. The number of nitrogens with zero attached hydrogens (tertiary/aromatic N) is 2. The van der Waals surface area contributed by atoms with Crippen molar-refractivity contribution >= 4 is 40.7 Å². The van der Waals surface area contributed by atoms with E-state index in [9.17, 15) is 4.79 Å². The zero-order chi connectivity index (χ0) is 22.5. The van der Waals surface area contributed by atoms with Crippen LogP contribution in [0.4, 0.5) is 11.6 Å². The van der Waals surface area contributed by atoms with Gasteiger partial charge in [-0.15, -0.1) is 0 Å².